The van der Waals surface area contributed by atoms with Crippen molar-refractivity contribution in [1.82, 2.24) is 0 Å². The van der Waals surface area contributed by atoms with E-state index < -0.39 is 6.04 Å². The molecule has 2 aromatic rings. The molecule has 2 rings (SSSR count). The van der Waals surface area contributed by atoms with Crippen LogP contribution in [0.3, 0.4) is 0 Å². The van der Waals surface area contributed by atoms with Gasteiger partial charge in [0.2, 0.25) is 5.91 Å². The SMILES string of the molecule is NC(C(=O)Nc1cc(I)ccc1Br)c1cccs1. The van der Waals surface area contributed by atoms with Crippen LogP contribution in [-0.4, -0.2) is 5.91 Å². The largest absolute Gasteiger partial charge is 0.323 e. The van der Waals surface area contributed by atoms with Gasteiger partial charge in [0, 0.05) is 12.9 Å². The molecule has 94 valence electrons. The van der Waals surface area contributed by atoms with Crippen LogP contribution in [0.25, 0.3) is 0 Å². The first-order valence-electron chi connectivity index (χ1n) is 5.13. The van der Waals surface area contributed by atoms with Crippen LogP contribution >= 0.6 is 49.9 Å². The number of carbonyl (C=O) groups is 1. The van der Waals surface area contributed by atoms with Crippen molar-refractivity contribution in [2.24, 2.45) is 5.73 Å². The Morgan fingerprint density at radius 2 is 2.22 bits per heavy atom. The van der Waals surface area contributed by atoms with E-state index in [4.69, 9.17) is 5.73 Å². The molecule has 3 nitrogen and oxygen atoms in total. The summed E-state index contributed by atoms with van der Waals surface area (Å²) in [4.78, 5) is 12.9. The second-order valence-corrected chi connectivity index (χ2v) is 6.69. The Balaban J connectivity index is 2.14. The Bertz CT molecular complexity index is 559. The van der Waals surface area contributed by atoms with Gasteiger partial charge in [-0.1, -0.05) is 6.07 Å². The maximum absolute atomic E-state index is 12.0. The molecule has 3 N–H and O–H groups in total. The predicted molar refractivity (Wildman–Crippen MR) is 86.7 cm³/mol. The summed E-state index contributed by atoms with van der Waals surface area (Å²) < 4.78 is 1.89. The Labute approximate surface area is 131 Å². The maximum atomic E-state index is 12.0. The molecule has 1 amide bonds. The first-order valence-corrected chi connectivity index (χ1v) is 7.88. The van der Waals surface area contributed by atoms with Gasteiger partial charge in [-0.05, 0) is 68.2 Å². The molecule has 1 unspecified atom stereocenters. The van der Waals surface area contributed by atoms with Gasteiger partial charge < -0.3 is 11.1 Å². The lowest BCUT2D eigenvalue weighted by atomic mass is 10.2. The van der Waals surface area contributed by atoms with Crippen LogP contribution in [-0.2, 0) is 4.79 Å². The Morgan fingerprint density at radius 1 is 1.44 bits per heavy atom. The summed E-state index contributed by atoms with van der Waals surface area (Å²) in [5.41, 5.74) is 6.64. The quantitative estimate of drug-likeness (QED) is 0.720. The van der Waals surface area contributed by atoms with E-state index >= 15 is 0 Å². The lowest BCUT2D eigenvalue weighted by Crippen LogP contribution is -2.27. The fraction of sp³-hybridized carbons (Fsp3) is 0.0833. The number of thiophene rings is 1. The van der Waals surface area contributed by atoms with Gasteiger partial charge in [0.05, 0.1) is 5.69 Å². The minimum atomic E-state index is -0.630. The third-order valence-electron chi connectivity index (χ3n) is 2.32. The highest BCUT2D eigenvalue weighted by Gasteiger charge is 2.17. The number of benzene rings is 1. The molecule has 0 aliphatic heterocycles. The van der Waals surface area contributed by atoms with Crippen LogP contribution in [0.15, 0.2) is 40.2 Å². The van der Waals surface area contributed by atoms with Crippen molar-refractivity contribution in [2.75, 3.05) is 5.32 Å². The van der Waals surface area contributed by atoms with E-state index in [9.17, 15) is 4.79 Å². The average Bonchev–Trinajstić information content (AvgIpc) is 2.86. The molecule has 1 atom stereocenters. The van der Waals surface area contributed by atoms with Crippen LogP contribution in [0.2, 0.25) is 0 Å². The summed E-state index contributed by atoms with van der Waals surface area (Å²) in [6.45, 7) is 0. The summed E-state index contributed by atoms with van der Waals surface area (Å²) in [6, 6.07) is 8.86. The molecule has 1 aromatic heterocycles. The molecule has 0 bridgehead atoms. The molecule has 6 heteroatoms. The number of rotatable bonds is 3. The zero-order valence-corrected chi connectivity index (χ0v) is 13.8. The van der Waals surface area contributed by atoms with E-state index in [1.54, 1.807) is 0 Å². The van der Waals surface area contributed by atoms with Gasteiger partial charge in [-0.15, -0.1) is 11.3 Å². The van der Waals surface area contributed by atoms with Crippen LogP contribution in [0.4, 0.5) is 5.69 Å². The van der Waals surface area contributed by atoms with Gasteiger partial charge in [0.15, 0.2) is 0 Å². The number of hydrogen-bond acceptors (Lipinski definition) is 3. The number of anilines is 1. The topological polar surface area (TPSA) is 55.1 Å². The van der Waals surface area contributed by atoms with Crippen LogP contribution in [0.1, 0.15) is 10.9 Å². The molecular formula is C12H10BrIN2OS. The predicted octanol–water partition coefficient (Wildman–Crippen LogP) is 3.75. The highest BCUT2D eigenvalue weighted by molar-refractivity contribution is 14.1. The molecule has 0 aliphatic carbocycles. The number of hydrogen-bond donors (Lipinski definition) is 2. The first kappa shape index (κ1) is 14.0. The Morgan fingerprint density at radius 3 is 2.89 bits per heavy atom. The van der Waals surface area contributed by atoms with Crippen LogP contribution < -0.4 is 11.1 Å². The molecule has 0 spiro atoms. The van der Waals surface area contributed by atoms with Crippen molar-refractivity contribution in [3.63, 3.8) is 0 Å². The Hall–Kier alpha value is -0.440. The van der Waals surface area contributed by atoms with E-state index in [1.165, 1.54) is 11.3 Å². The minimum Gasteiger partial charge on any atom is -0.323 e. The molecule has 0 aliphatic rings. The van der Waals surface area contributed by atoms with Crippen molar-refractivity contribution in [2.45, 2.75) is 6.04 Å². The molecule has 1 heterocycles. The first-order chi connectivity index (χ1) is 8.58. The van der Waals surface area contributed by atoms with Crippen LogP contribution in [0.5, 0.6) is 0 Å². The van der Waals surface area contributed by atoms with E-state index in [0.717, 1.165) is 18.6 Å². The highest BCUT2D eigenvalue weighted by atomic mass is 127. The monoisotopic (exact) mass is 436 g/mol. The van der Waals surface area contributed by atoms with E-state index in [-0.39, 0.29) is 5.91 Å². The second-order valence-electron chi connectivity index (χ2n) is 3.61. The average molecular weight is 437 g/mol. The molecule has 0 saturated carbocycles. The van der Waals surface area contributed by atoms with E-state index in [2.05, 4.69) is 43.8 Å². The molecule has 0 saturated heterocycles. The lowest BCUT2D eigenvalue weighted by Gasteiger charge is -2.12. The van der Waals surface area contributed by atoms with Crippen molar-refractivity contribution in [3.05, 3.63) is 48.6 Å². The molecular weight excluding hydrogens is 427 g/mol. The highest BCUT2D eigenvalue weighted by Crippen LogP contribution is 2.26. The Kier molecular flexibility index (Phi) is 4.77. The summed E-state index contributed by atoms with van der Waals surface area (Å²) >= 11 is 7.07. The smallest absolute Gasteiger partial charge is 0.246 e. The van der Waals surface area contributed by atoms with E-state index in [0.29, 0.717) is 0 Å². The van der Waals surface area contributed by atoms with Crippen molar-refractivity contribution >= 4 is 61.5 Å². The molecule has 18 heavy (non-hydrogen) atoms. The number of amides is 1. The van der Waals surface area contributed by atoms with Crippen molar-refractivity contribution < 1.29 is 4.79 Å². The third kappa shape index (κ3) is 3.31. The van der Waals surface area contributed by atoms with Gasteiger partial charge in [0.1, 0.15) is 6.04 Å². The summed E-state index contributed by atoms with van der Waals surface area (Å²) in [6.07, 6.45) is 0. The van der Waals surface area contributed by atoms with Gasteiger partial charge >= 0.3 is 0 Å². The standard InChI is InChI=1S/C12H10BrIN2OS/c13-8-4-3-7(14)6-9(8)16-12(17)11(15)10-2-1-5-18-10/h1-6,11H,15H2,(H,16,17). The van der Waals surface area contributed by atoms with Gasteiger partial charge in [-0.2, -0.15) is 0 Å². The summed E-state index contributed by atoms with van der Waals surface area (Å²) in [5, 5.41) is 4.74. The lowest BCUT2D eigenvalue weighted by molar-refractivity contribution is -0.117. The number of halogens is 2. The molecule has 0 radical (unpaired) electrons. The fourth-order valence-electron chi connectivity index (χ4n) is 1.40. The second kappa shape index (κ2) is 6.14. The summed E-state index contributed by atoms with van der Waals surface area (Å²) in [7, 11) is 0. The van der Waals surface area contributed by atoms with Crippen LogP contribution in [0, 0.1) is 3.57 Å². The minimum absolute atomic E-state index is 0.208. The maximum Gasteiger partial charge on any atom is 0.246 e. The zero-order valence-electron chi connectivity index (χ0n) is 9.19. The zero-order chi connectivity index (χ0) is 13.1. The van der Waals surface area contributed by atoms with Crippen molar-refractivity contribution in [3.8, 4) is 0 Å². The number of nitrogens with one attached hydrogen (secondary N) is 1. The van der Waals surface area contributed by atoms with E-state index in [1.807, 2.05) is 35.7 Å². The van der Waals surface area contributed by atoms with Gasteiger partial charge in [-0.25, -0.2) is 0 Å². The number of nitrogens with two attached hydrogens (primary N) is 1. The van der Waals surface area contributed by atoms with Gasteiger partial charge in [0.25, 0.3) is 0 Å². The van der Waals surface area contributed by atoms with Gasteiger partial charge in [-0.3, -0.25) is 4.79 Å². The molecule has 0 fully saturated rings. The van der Waals surface area contributed by atoms with Crippen molar-refractivity contribution in [1.29, 1.82) is 0 Å². The normalized spacial score (nSPS) is 12.2. The third-order valence-corrected chi connectivity index (χ3v) is 4.64. The fourth-order valence-corrected chi connectivity index (χ4v) is 2.96. The molecule has 1 aromatic carbocycles. The number of carbonyl (C=O) groups excluding carboxylic acids is 1. The summed E-state index contributed by atoms with van der Waals surface area (Å²) in [5.74, 6) is -0.208.